The molecule has 1 amide bonds. The fraction of sp³-hybridized carbons (Fsp3) is 0.822. The van der Waals surface area contributed by atoms with E-state index in [0.29, 0.717) is 57.9 Å². The van der Waals surface area contributed by atoms with E-state index >= 15 is 0 Å². The van der Waals surface area contributed by atoms with E-state index in [1.165, 1.54) is 4.90 Å². The van der Waals surface area contributed by atoms with Crippen LogP contribution in [0.25, 0.3) is 0 Å². The number of allylic oxidation sites excluding steroid dienone is 3. The van der Waals surface area contributed by atoms with Crippen LogP contribution in [0.1, 0.15) is 119 Å². The van der Waals surface area contributed by atoms with Gasteiger partial charge in [-0.3, -0.25) is 14.4 Å². The van der Waals surface area contributed by atoms with Gasteiger partial charge in [-0.2, -0.15) is 0 Å². The molecule has 0 aromatic rings. The Morgan fingerprint density at radius 2 is 1.66 bits per heavy atom. The van der Waals surface area contributed by atoms with Crippen LogP contribution in [0.3, 0.4) is 0 Å². The van der Waals surface area contributed by atoms with Crippen molar-refractivity contribution in [1.29, 1.82) is 0 Å². The molecular formula is C45H74N2O11. The number of aliphatic hydroxyl groups is 2. The van der Waals surface area contributed by atoms with Gasteiger partial charge in [0.25, 0.3) is 11.7 Å². The second kappa shape index (κ2) is 22.4. The van der Waals surface area contributed by atoms with Crippen molar-refractivity contribution >= 4 is 23.4 Å². The van der Waals surface area contributed by atoms with Crippen molar-refractivity contribution in [3.8, 4) is 0 Å². The fourth-order valence-electron chi connectivity index (χ4n) is 9.90. The average Bonchev–Trinajstić information content (AvgIpc) is 3.21. The monoisotopic (exact) mass is 819 g/mol. The molecule has 13 nitrogen and oxygen atoms in total. The lowest BCUT2D eigenvalue weighted by Crippen LogP contribution is -2.64. The molecule has 1 saturated carbocycles. The Kier molecular flexibility index (Phi) is 18.6. The van der Waals surface area contributed by atoms with E-state index in [2.05, 4.69) is 24.4 Å². The average molecular weight is 819 g/mol. The van der Waals surface area contributed by atoms with Gasteiger partial charge in [-0.1, -0.05) is 45.4 Å². The predicted octanol–water partition coefficient (Wildman–Crippen LogP) is 5.09. The molecule has 0 aromatic heterocycles. The molecule has 58 heavy (non-hydrogen) atoms. The van der Waals surface area contributed by atoms with Crippen molar-refractivity contribution in [2.75, 3.05) is 41.0 Å². The van der Waals surface area contributed by atoms with Crippen molar-refractivity contribution in [1.82, 2.24) is 10.2 Å². The van der Waals surface area contributed by atoms with E-state index in [9.17, 15) is 29.4 Å². The molecule has 4 rings (SSSR count). The highest BCUT2D eigenvalue weighted by molar-refractivity contribution is 6.39. The first kappa shape index (κ1) is 48.1. The number of carbonyl (C=O) groups excluding carboxylic acids is 4. The zero-order chi connectivity index (χ0) is 42.7. The number of nitrogens with zero attached hydrogens (tertiary/aromatic N) is 1. The quantitative estimate of drug-likeness (QED) is 0.160. The standard InChI is InChI=1S/C45H74N2O11/c1-10-33-22-27(2)21-28(3)23-38(55-8)41-39(56-9)25-31(6)45(53,58-41)42(50)43(51)47-19-12-11-13-35(47)44(52)57-40(29(4)14-17-36(33)49)30(5)24-32-15-16-34(46-18-20-48)37(26-32)54-7/h22,24,28-29,31-35,37-41,46,48,53H,10-21,23,25-26H2,1-9H3/b27-22+,30-24+/t28-,29+,31+,32-,33+,34-,35-,37+,38-,39-,40-,41+,45+/m0/s1. The topological polar surface area (TPSA) is 170 Å². The number of carbonyl (C=O) groups is 4. The predicted molar refractivity (Wildman–Crippen MR) is 220 cm³/mol. The maximum Gasteiger partial charge on any atom is 0.329 e. The molecule has 3 N–H and O–H groups in total. The van der Waals surface area contributed by atoms with Crippen LogP contribution in [0.5, 0.6) is 0 Å². The summed E-state index contributed by atoms with van der Waals surface area (Å²) in [5.41, 5.74) is 1.94. The highest BCUT2D eigenvalue weighted by Crippen LogP contribution is 2.39. The van der Waals surface area contributed by atoms with Gasteiger partial charge in [0.2, 0.25) is 5.79 Å². The number of fused-ring (bicyclic) bond motifs is 3. The number of ether oxygens (including phenoxy) is 5. The lowest BCUT2D eigenvalue weighted by Gasteiger charge is -2.47. The van der Waals surface area contributed by atoms with Gasteiger partial charge in [-0.25, -0.2) is 4.79 Å². The molecule has 2 saturated heterocycles. The van der Waals surface area contributed by atoms with Gasteiger partial charge in [-0.05, 0) is 108 Å². The van der Waals surface area contributed by atoms with E-state index in [4.69, 9.17) is 23.7 Å². The number of esters is 1. The van der Waals surface area contributed by atoms with Crippen LogP contribution in [0, 0.1) is 29.6 Å². The minimum Gasteiger partial charge on any atom is -0.456 e. The molecule has 13 atom stereocenters. The lowest BCUT2D eigenvalue weighted by atomic mass is 9.81. The highest BCUT2D eigenvalue weighted by atomic mass is 16.7. The molecule has 3 fully saturated rings. The lowest BCUT2D eigenvalue weighted by molar-refractivity contribution is -0.302. The zero-order valence-electron chi connectivity index (χ0n) is 36.7. The van der Waals surface area contributed by atoms with Crippen molar-refractivity contribution < 1.29 is 53.1 Å². The molecule has 4 aliphatic rings. The summed E-state index contributed by atoms with van der Waals surface area (Å²) in [5.74, 6) is -6.08. The SMILES string of the molecule is CC[C@@H]1/C=C(\C)C[C@H](C)C[C@H](OC)[C@H]2O[C@@](O)(C(=O)C(=O)N3CCCC[C@H]3C(=O)O[C@H](/C(C)=C/[C@@H]3CC[C@H](NCCO)[C@H](OC)C3)[C@H](C)CCC1=O)[C@H](C)C[C@@H]2OC. The van der Waals surface area contributed by atoms with Crippen LogP contribution >= 0.6 is 0 Å². The first-order valence-electron chi connectivity index (χ1n) is 21.9. The van der Waals surface area contributed by atoms with E-state index in [1.807, 2.05) is 27.7 Å². The van der Waals surface area contributed by atoms with Crippen molar-refractivity contribution in [3.05, 3.63) is 23.3 Å². The molecule has 1 aliphatic carbocycles. The maximum atomic E-state index is 14.4. The summed E-state index contributed by atoms with van der Waals surface area (Å²) in [5, 5.41) is 24.8. The van der Waals surface area contributed by atoms with Gasteiger partial charge < -0.3 is 44.1 Å². The van der Waals surface area contributed by atoms with Crippen LogP contribution in [-0.4, -0.2) is 128 Å². The Balaban J connectivity index is 1.71. The molecule has 3 aliphatic heterocycles. The minimum absolute atomic E-state index is 0.0486. The third-order valence-electron chi connectivity index (χ3n) is 13.3. The van der Waals surface area contributed by atoms with Crippen LogP contribution in [0.4, 0.5) is 0 Å². The van der Waals surface area contributed by atoms with E-state index in [-0.39, 0.29) is 61.2 Å². The third kappa shape index (κ3) is 11.9. The number of methoxy groups -OCH3 is 3. The molecular weight excluding hydrogens is 744 g/mol. The number of ketones is 2. The van der Waals surface area contributed by atoms with Crippen molar-refractivity contribution in [3.63, 3.8) is 0 Å². The summed E-state index contributed by atoms with van der Waals surface area (Å²) in [4.78, 5) is 57.9. The van der Waals surface area contributed by atoms with Gasteiger partial charge in [0.15, 0.2) is 0 Å². The number of aliphatic hydroxyl groups excluding tert-OH is 1. The fourth-order valence-corrected chi connectivity index (χ4v) is 9.90. The molecule has 13 heteroatoms. The number of amides is 1. The van der Waals surface area contributed by atoms with Crippen LogP contribution < -0.4 is 5.32 Å². The Morgan fingerprint density at radius 3 is 2.31 bits per heavy atom. The minimum atomic E-state index is -2.46. The normalized spacial score (nSPS) is 39.3. The second-order valence-electron chi connectivity index (χ2n) is 17.8. The smallest absolute Gasteiger partial charge is 0.329 e. The summed E-state index contributed by atoms with van der Waals surface area (Å²) in [6, 6.07) is -0.915. The molecule has 330 valence electrons. The van der Waals surface area contributed by atoms with Crippen molar-refractivity contribution in [2.24, 2.45) is 29.6 Å². The largest absolute Gasteiger partial charge is 0.456 e. The number of nitrogens with one attached hydrogen (secondary N) is 1. The summed E-state index contributed by atoms with van der Waals surface area (Å²) >= 11 is 0. The molecule has 3 heterocycles. The Bertz CT molecular complexity index is 1450. The van der Waals surface area contributed by atoms with E-state index in [1.54, 1.807) is 28.3 Å². The molecule has 0 radical (unpaired) electrons. The van der Waals surface area contributed by atoms with Crippen LogP contribution in [-0.2, 0) is 42.9 Å². The van der Waals surface area contributed by atoms with Crippen molar-refractivity contribution in [2.45, 2.75) is 167 Å². The summed E-state index contributed by atoms with van der Waals surface area (Å²) < 4.78 is 30.3. The highest BCUT2D eigenvalue weighted by Gasteiger charge is 2.56. The van der Waals surface area contributed by atoms with E-state index in [0.717, 1.165) is 30.4 Å². The van der Waals surface area contributed by atoms with Gasteiger partial charge in [0.05, 0.1) is 24.9 Å². The van der Waals surface area contributed by atoms with Crippen LogP contribution in [0.2, 0.25) is 0 Å². The number of rotatable bonds is 9. The summed E-state index contributed by atoms with van der Waals surface area (Å²) in [7, 11) is 4.81. The Labute approximate surface area is 347 Å². The number of cyclic esters (lactones) is 1. The number of hydrogen-bond acceptors (Lipinski definition) is 12. The number of piperidine rings is 1. The van der Waals surface area contributed by atoms with Gasteiger partial charge in [0, 0.05) is 58.7 Å². The first-order valence-corrected chi connectivity index (χ1v) is 21.9. The summed E-state index contributed by atoms with van der Waals surface area (Å²) in [6.07, 6.45) is 8.51. The Morgan fingerprint density at radius 1 is 0.966 bits per heavy atom. The number of hydrogen-bond donors (Lipinski definition) is 3. The molecule has 0 unspecified atom stereocenters. The third-order valence-corrected chi connectivity index (χ3v) is 13.3. The molecule has 0 aromatic carbocycles. The van der Waals surface area contributed by atoms with Crippen LogP contribution in [0.15, 0.2) is 23.3 Å². The van der Waals surface area contributed by atoms with E-state index < -0.39 is 59.8 Å². The maximum absolute atomic E-state index is 14.4. The second-order valence-corrected chi connectivity index (χ2v) is 17.8. The first-order chi connectivity index (χ1) is 27.6. The Hall–Kier alpha value is -2.52. The van der Waals surface area contributed by atoms with Gasteiger partial charge in [-0.15, -0.1) is 0 Å². The van der Waals surface area contributed by atoms with Gasteiger partial charge in [0.1, 0.15) is 24.0 Å². The zero-order valence-corrected chi connectivity index (χ0v) is 36.7. The summed E-state index contributed by atoms with van der Waals surface area (Å²) in [6.45, 7) is 12.5. The van der Waals surface area contributed by atoms with Gasteiger partial charge >= 0.3 is 5.97 Å². The molecule has 0 spiro atoms. The molecule has 2 bridgehead atoms. The number of Topliss-reactive ketones (excluding diaryl/α,β-unsaturated/α-hetero) is 2.